The Kier molecular flexibility index (Phi) is 5.05. The molecule has 3 nitrogen and oxygen atoms in total. The van der Waals surface area contributed by atoms with E-state index in [1.54, 1.807) is 16.9 Å². The molecule has 0 aliphatic heterocycles. The van der Waals surface area contributed by atoms with Crippen LogP contribution in [0.1, 0.15) is 37.1 Å². The minimum absolute atomic E-state index is 0.692. The van der Waals surface area contributed by atoms with Gasteiger partial charge in [0.25, 0.3) is 0 Å². The summed E-state index contributed by atoms with van der Waals surface area (Å²) >= 11 is 7.08. The zero-order valence-corrected chi connectivity index (χ0v) is 14.4. The van der Waals surface area contributed by atoms with Crippen LogP contribution in [0.3, 0.4) is 0 Å². The highest BCUT2D eigenvalue weighted by Gasteiger charge is 2.05. The van der Waals surface area contributed by atoms with Gasteiger partial charge in [0.1, 0.15) is 0 Å². The molecule has 1 aliphatic carbocycles. The Bertz CT molecular complexity index is 703. The van der Waals surface area contributed by atoms with Gasteiger partial charge in [-0.15, -0.1) is 11.3 Å². The van der Waals surface area contributed by atoms with Gasteiger partial charge in [0.2, 0.25) is 0 Å². The SMILES string of the molecule is Cc1nc2ccc(NC(=S)NCCC3=CCCCC3)cc2s1. The molecule has 0 saturated heterocycles. The predicted molar refractivity (Wildman–Crippen MR) is 99.7 cm³/mol. The van der Waals surface area contributed by atoms with Gasteiger partial charge in [-0.3, -0.25) is 0 Å². The number of hydrogen-bond acceptors (Lipinski definition) is 3. The lowest BCUT2D eigenvalue weighted by Gasteiger charge is -2.14. The Labute approximate surface area is 140 Å². The van der Waals surface area contributed by atoms with Gasteiger partial charge < -0.3 is 10.6 Å². The highest BCUT2D eigenvalue weighted by atomic mass is 32.1. The Morgan fingerprint density at radius 2 is 2.27 bits per heavy atom. The third kappa shape index (κ3) is 4.05. The summed E-state index contributed by atoms with van der Waals surface area (Å²) in [7, 11) is 0. The van der Waals surface area contributed by atoms with E-state index in [1.165, 1.54) is 30.4 Å². The van der Waals surface area contributed by atoms with Crippen molar-refractivity contribution in [2.45, 2.75) is 39.0 Å². The van der Waals surface area contributed by atoms with Crippen LogP contribution in [-0.2, 0) is 0 Å². The van der Waals surface area contributed by atoms with Crippen LogP contribution in [0.5, 0.6) is 0 Å². The predicted octanol–water partition coefficient (Wildman–Crippen LogP) is 4.78. The van der Waals surface area contributed by atoms with Crippen molar-refractivity contribution < 1.29 is 0 Å². The summed E-state index contributed by atoms with van der Waals surface area (Å²) in [6.07, 6.45) is 8.66. The minimum Gasteiger partial charge on any atom is -0.362 e. The zero-order chi connectivity index (χ0) is 15.4. The average molecular weight is 332 g/mol. The maximum Gasteiger partial charge on any atom is 0.170 e. The summed E-state index contributed by atoms with van der Waals surface area (Å²) in [6, 6.07) is 6.17. The second kappa shape index (κ2) is 7.20. The summed E-state index contributed by atoms with van der Waals surface area (Å²) in [4.78, 5) is 4.47. The highest BCUT2D eigenvalue weighted by Crippen LogP contribution is 2.24. The first-order valence-electron chi connectivity index (χ1n) is 7.81. The highest BCUT2D eigenvalue weighted by molar-refractivity contribution is 7.80. The Morgan fingerprint density at radius 3 is 3.09 bits per heavy atom. The monoisotopic (exact) mass is 331 g/mol. The van der Waals surface area contributed by atoms with E-state index in [-0.39, 0.29) is 0 Å². The zero-order valence-electron chi connectivity index (χ0n) is 12.8. The first-order chi connectivity index (χ1) is 10.7. The van der Waals surface area contributed by atoms with E-state index in [1.807, 2.05) is 19.1 Å². The van der Waals surface area contributed by atoms with Crippen molar-refractivity contribution >= 4 is 44.6 Å². The van der Waals surface area contributed by atoms with Crippen LogP contribution in [0.15, 0.2) is 29.8 Å². The molecule has 0 radical (unpaired) electrons. The van der Waals surface area contributed by atoms with Gasteiger partial charge in [0.15, 0.2) is 5.11 Å². The number of aromatic nitrogens is 1. The molecule has 2 N–H and O–H groups in total. The Hall–Kier alpha value is -1.46. The number of thiazole rings is 1. The van der Waals surface area contributed by atoms with Crippen LogP contribution < -0.4 is 10.6 Å². The summed E-state index contributed by atoms with van der Waals surface area (Å²) < 4.78 is 1.19. The summed E-state index contributed by atoms with van der Waals surface area (Å²) in [5, 5.41) is 8.34. The molecule has 116 valence electrons. The normalized spacial score (nSPS) is 14.7. The number of thiocarbonyl (C=S) groups is 1. The third-order valence-corrected chi connectivity index (χ3v) is 5.05. The van der Waals surface area contributed by atoms with Crippen LogP contribution in [0.25, 0.3) is 10.2 Å². The minimum atomic E-state index is 0.692. The molecule has 1 aromatic heterocycles. The van der Waals surface area contributed by atoms with E-state index in [4.69, 9.17) is 12.2 Å². The van der Waals surface area contributed by atoms with Crippen molar-refractivity contribution in [3.63, 3.8) is 0 Å². The van der Waals surface area contributed by atoms with Crippen molar-refractivity contribution in [2.75, 3.05) is 11.9 Å². The second-order valence-corrected chi connectivity index (χ2v) is 7.30. The van der Waals surface area contributed by atoms with Crippen LogP contribution in [-0.4, -0.2) is 16.6 Å². The van der Waals surface area contributed by atoms with Gasteiger partial charge in [-0.05, 0) is 69.4 Å². The second-order valence-electron chi connectivity index (χ2n) is 5.65. The molecule has 0 amide bonds. The molecule has 0 unspecified atom stereocenters. The van der Waals surface area contributed by atoms with E-state index in [0.717, 1.165) is 29.2 Å². The maximum absolute atomic E-state index is 5.38. The van der Waals surface area contributed by atoms with E-state index >= 15 is 0 Å². The smallest absolute Gasteiger partial charge is 0.170 e. The van der Waals surface area contributed by atoms with Gasteiger partial charge >= 0.3 is 0 Å². The molecule has 0 saturated carbocycles. The number of benzene rings is 1. The van der Waals surface area contributed by atoms with Crippen LogP contribution in [0.2, 0.25) is 0 Å². The van der Waals surface area contributed by atoms with E-state index < -0.39 is 0 Å². The van der Waals surface area contributed by atoms with Crippen molar-refractivity contribution in [3.05, 3.63) is 34.9 Å². The van der Waals surface area contributed by atoms with Gasteiger partial charge in [-0.1, -0.05) is 11.6 Å². The molecule has 1 heterocycles. The molecule has 1 aliphatic rings. The molecule has 3 rings (SSSR count). The number of hydrogen-bond donors (Lipinski definition) is 2. The summed E-state index contributed by atoms with van der Waals surface area (Å²) in [6.45, 7) is 2.93. The fraction of sp³-hybridized carbons (Fsp3) is 0.412. The van der Waals surface area contributed by atoms with Crippen molar-refractivity contribution in [3.8, 4) is 0 Å². The summed E-state index contributed by atoms with van der Waals surface area (Å²) in [5.41, 5.74) is 3.64. The number of rotatable bonds is 4. The molecular weight excluding hydrogens is 310 g/mol. The molecule has 0 fully saturated rings. The first kappa shape index (κ1) is 15.4. The van der Waals surface area contributed by atoms with Crippen molar-refractivity contribution in [2.24, 2.45) is 0 Å². The fourth-order valence-electron chi connectivity index (χ4n) is 2.76. The fourth-order valence-corrected chi connectivity index (χ4v) is 3.85. The standard InChI is InChI=1S/C17H21N3S2/c1-12-19-15-8-7-14(11-16(15)22-12)20-17(21)18-10-9-13-5-3-2-4-6-13/h5,7-8,11H,2-4,6,9-10H2,1H3,(H2,18,20,21). The largest absolute Gasteiger partial charge is 0.362 e. The number of fused-ring (bicyclic) bond motifs is 1. The lowest BCUT2D eigenvalue weighted by Crippen LogP contribution is -2.29. The van der Waals surface area contributed by atoms with E-state index in [9.17, 15) is 0 Å². The number of anilines is 1. The molecule has 22 heavy (non-hydrogen) atoms. The lowest BCUT2D eigenvalue weighted by molar-refractivity contribution is 0.669. The molecule has 1 aromatic carbocycles. The number of nitrogens with zero attached hydrogens (tertiary/aromatic N) is 1. The van der Waals surface area contributed by atoms with E-state index in [0.29, 0.717) is 5.11 Å². The quantitative estimate of drug-likeness (QED) is 0.624. The van der Waals surface area contributed by atoms with Crippen molar-refractivity contribution in [1.82, 2.24) is 10.3 Å². The van der Waals surface area contributed by atoms with Crippen molar-refractivity contribution in [1.29, 1.82) is 0 Å². The van der Waals surface area contributed by atoms with Gasteiger partial charge in [-0.25, -0.2) is 4.98 Å². The average Bonchev–Trinajstić information content (AvgIpc) is 2.87. The Balaban J connectivity index is 1.50. The molecule has 0 atom stereocenters. The van der Waals surface area contributed by atoms with Gasteiger partial charge in [0.05, 0.1) is 15.2 Å². The first-order valence-corrected chi connectivity index (χ1v) is 9.03. The molecule has 0 bridgehead atoms. The van der Waals surface area contributed by atoms with Crippen LogP contribution in [0, 0.1) is 6.92 Å². The van der Waals surface area contributed by atoms with Crippen LogP contribution >= 0.6 is 23.6 Å². The van der Waals surface area contributed by atoms with Crippen LogP contribution in [0.4, 0.5) is 5.69 Å². The Morgan fingerprint density at radius 1 is 1.36 bits per heavy atom. The molecule has 5 heteroatoms. The maximum atomic E-state index is 5.38. The number of allylic oxidation sites excluding steroid dienone is 1. The third-order valence-electron chi connectivity index (χ3n) is 3.87. The number of nitrogens with one attached hydrogen (secondary N) is 2. The molecule has 0 spiro atoms. The van der Waals surface area contributed by atoms with Gasteiger partial charge in [0, 0.05) is 12.2 Å². The van der Waals surface area contributed by atoms with Gasteiger partial charge in [-0.2, -0.15) is 0 Å². The number of aryl methyl sites for hydroxylation is 1. The molecule has 2 aromatic rings. The lowest BCUT2D eigenvalue weighted by atomic mass is 9.97. The summed E-state index contributed by atoms with van der Waals surface area (Å²) in [5.74, 6) is 0. The van der Waals surface area contributed by atoms with E-state index in [2.05, 4.69) is 27.8 Å². The topological polar surface area (TPSA) is 37.0 Å². The molecular formula is C17H21N3S2.